The molecular formula is C18H20N4O2. The number of benzene rings is 1. The van der Waals surface area contributed by atoms with Gasteiger partial charge in [0.15, 0.2) is 5.82 Å². The summed E-state index contributed by atoms with van der Waals surface area (Å²) in [5, 5.41) is 4.33. The van der Waals surface area contributed by atoms with Crippen LogP contribution in [0.15, 0.2) is 48.8 Å². The highest BCUT2D eigenvalue weighted by molar-refractivity contribution is 5.90. The van der Waals surface area contributed by atoms with Gasteiger partial charge in [-0.1, -0.05) is 12.1 Å². The van der Waals surface area contributed by atoms with E-state index in [0.717, 1.165) is 22.3 Å². The molecule has 3 aromatic rings. The number of ether oxygens (including phenoxy) is 2. The summed E-state index contributed by atoms with van der Waals surface area (Å²) in [6.45, 7) is 1.11. The summed E-state index contributed by atoms with van der Waals surface area (Å²) in [6.07, 6.45) is 3.44. The smallest absolute Gasteiger partial charge is 0.163 e. The number of hydrogen-bond donors (Lipinski definition) is 1. The van der Waals surface area contributed by atoms with Crippen LogP contribution >= 0.6 is 0 Å². The molecular weight excluding hydrogens is 304 g/mol. The lowest BCUT2D eigenvalue weighted by molar-refractivity contribution is 0.0365. The highest BCUT2D eigenvalue weighted by atomic mass is 16.5. The fourth-order valence-electron chi connectivity index (χ4n) is 2.44. The molecule has 24 heavy (non-hydrogen) atoms. The number of aromatic nitrogens is 3. The normalized spacial score (nSPS) is 12.2. The number of rotatable bonds is 7. The zero-order valence-electron chi connectivity index (χ0n) is 13.8. The Morgan fingerprint density at radius 1 is 1.08 bits per heavy atom. The lowest BCUT2D eigenvalue weighted by Gasteiger charge is -2.16. The molecule has 2 heterocycles. The van der Waals surface area contributed by atoms with Crippen molar-refractivity contribution in [2.75, 3.05) is 32.7 Å². The van der Waals surface area contributed by atoms with Crippen molar-refractivity contribution in [2.24, 2.45) is 0 Å². The topological polar surface area (TPSA) is 69.2 Å². The van der Waals surface area contributed by atoms with E-state index in [4.69, 9.17) is 9.47 Å². The molecule has 0 amide bonds. The Bertz CT molecular complexity index is 795. The SMILES string of the molecule is COC[C@@H](CNc1nc(-c2cccnc2)nc2ccccc12)OC. The number of nitrogens with zero attached hydrogens (tertiary/aromatic N) is 3. The standard InChI is InChI=1S/C18H20N4O2/c1-23-12-14(24-2)11-20-18-15-7-3-4-8-16(15)21-17(22-18)13-6-5-9-19-10-13/h3-10,14H,11-12H2,1-2H3,(H,20,21,22)/t14-/m1/s1. The number of methoxy groups -OCH3 is 2. The Morgan fingerprint density at radius 3 is 2.71 bits per heavy atom. The molecule has 0 fully saturated rings. The van der Waals surface area contributed by atoms with Gasteiger partial charge in [-0.2, -0.15) is 0 Å². The van der Waals surface area contributed by atoms with Crippen LogP contribution in [0.3, 0.4) is 0 Å². The molecule has 1 atom stereocenters. The Kier molecular flexibility index (Phi) is 5.30. The summed E-state index contributed by atoms with van der Waals surface area (Å²) < 4.78 is 10.6. The molecule has 0 saturated carbocycles. The monoisotopic (exact) mass is 324 g/mol. The third-order valence-electron chi connectivity index (χ3n) is 3.71. The second kappa shape index (κ2) is 7.81. The first kappa shape index (κ1) is 16.3. The summed E-state index contributed by atoms with van der Waals surface area (Å²) in [5.74, 6) is 1.42. The fourth-order valence-corrected chi connectivity index (χ4v) is 2.44. The van der Waals surface area contributed by atoms with Crippen LogP contribution in [0.4, 0.5) is 5.82 Å². The maximum Gasteiger partial charge on any atom is 0.163 e. The second-order valence-electron chi connectivity index (χ2n) is 5.35. The minimum Gasteiger partial charge on any atom is -0.382 e. The number of nitrogens with one attached hydrogen (secondary N) is 1. The Balaban J connectivity index is 1.96. The van der Waals surface area contributed by atoms with Gasteiger partial charge in [0, 0.05) is 44.1 Å². The van der Waals surface area contributed by atoms with Crippen molar-refractivity contribution in [1.29, 1.82) is 0 Å². The van der Waals surface area contributed by atoms with Gasteiger partial charge in [0.1, 0.15) is 5.82 Å². The van der Waals surface area contributed by atoms with Crippen molar-refractivity contribution in [3.63, 3.8) is 0 Å². The van der Waals surface area contributed by atoms with E-state index in [1.807, 2.05) is 36.4 Å². The van der Waals surface area contributed by atoms with Gasteiger partial charge >= 0.3 is 0 Å². The summed E-state index contributed by atoms with van der Waals surface area (Å²) in [5.41, 5.74) is 1.76. The number of fused-ring (bicyclic) bond motifs is 1. The van der Waals surface area contributed by atoms with E-state index in [-0.39, 0.29) is 6.10 Å². The lowest BCUT2D eigenvalue weighted by atomic mass is 10.2. The zero-order chi connectivity index (χ0) is 16.8. The van der Waals surface area contributed by atoms with E-state index in [9.17, 15) is 0 Å². The van der Waals surface area contributed by atoms with Crippen LogP contribution in [0.5, 0.6) is 0 Å². The van der Waals surface area contributed by atoms with Gasteiger partial charge in [-0.15, -0.1) is 0 Å². The minimum absolute atomic E-state index is 0.0504. The molecule has 0 unspecified atom stereocenters. The molecule has 1 aromatic carbocycles. The lowest BCUT2D eigenvalue weighted by Crippen LogP contribution is -2.27. The van der Waals surface area contributed by atoms with Crippen molar-refractivity contribution in [2.45, 2.75) is 6.10 Å². The molecule has 1 N–H and O–H groups in total. The maximum absolute atomic E-state index is 5.40. The van der Waals surface area contributed by atoms with Crippen LogP contribution in [0.2, 0.25) is 0 Å². The van der Waals surface area contributed by atoms with E-state index in [0.29, 0.717) is 19.0 Å². The maximum atomic E-state index is 5.40. The molecule has 0 radical (unpaired) electrons. The van der Waals surface area contributed by atoms with Crippen molar-refractivity contribution in [1.82, 2.24) is 15.0 Å². The molecule has 0 aliphatic rings. The van der Waals surface area contributed by atoms with Crippen LogP contribution < -0.4 is 5.32 Å². The quantitative estimate of drug-likeness (QED) is 0.721. The first-order valence-corrected chi connectivity index (χ1v) is 7.74. The van der Waals surface area contributed by atoms with Crippen LogP contribution in [0, 0.1) is 0 Å². The molecule has 3 rings (SSSR count). The highest BCUT2D eigenvalue weighted by Gasteiger charge is 2.12. The molecule has 0 aliphatic heterocycles. The summed E-state index contributed by atoms with van der Waals surface area (Å²) >= 11 is 0. The van der Waals surface area contributed by atoms with E-state index < -0.39 is 0 Å². The van der Waals surface area contributed by atoms with E-state index >= 15 is 0 Å². The van der Waals surface area contributed by atoms with Gasteiger partial charge in [-0.25, -0.2) is 9.97 Å². The van der Waals surface area contributed by atoms with Gasteiger partial charge in [-0.05, 0) is 24.3 Å². The first-order chi connectivity index (χ1) is 11.8. The number of hydrogen-bond acceptors (Lipinski definition) is 6. The zero-order valence-corrected chi connectivity index (χ0v) is 13.8. The van der Waals surface area contributed by atoms with Crippen molar-refractivity contribution >= 4 is 16.7 Å². The van der Waals surface area contributed by atoms with Gasteiger partial charge in [0.05, 0.1) is 18.2 Å². The summed E-state index contributed by atoms with van der Waals surface area (Å²) in [6, 6.07) is 11.7. The van der Waals surface area contributed by atoms with Gasteiger partial charge in [0.25, 0.3) is 0 Å². The molecule has 0 bridgehead atoms. The number of anilines is 1. The second-order valence-corrected chi connectivity index (χ2v) is 5.35. The fraction of sp³-hybridized carbons (Fsp3) is 0.278. The Labute approximate surface area is 140 Å². The van der Waals surface area contributed by atoms with E-state index in [2.05, 4.69) is 20.3 Å². The molecule has 2 aromatic heterocycles. The number of pyridine rings is 1. The average molecular weight is 324 g/mol. The van der Waals surface area contributed by atoms with Crippen LogP contribution in [0.1, 0.15) is 0 Å². The third-order valence-corrected chi connectivity index (χ3v) is 3.71. The van der Waals surface area contributed by atoms with Gasteiger partial charge < -0.3 is 14.8 Å². The van der Waals surface area contributed by atoms with Crippen molar-refractivity contribution in [3.8, 4) is 11.4 Å². The van der Waals surface area contributed by atoms with Gasteiger partial charge in [0.2, 0.25) is 0 Å². The average Bonchev–Trinajstić information content (AvgIpc) is 2.65. The first-order valence-electron chi connectivity index (χ1n) is 7.74. The molecule has 6 nitrogen and oxygen atoms in total. The minimum atomic E-state index is -0.0504. The molecule has 0 saturated heterocycles. The summed E-state index contributed by atoms with van der Waals surface area (Å²) in [4.78, 5) is 13.5. The highest BCUT2D eigenvalue weighted by Crippen LogP contribution is 2.24. The Hall–Kier alpha value is -2.57. The molecule has 0 aliphatic carbocycles. The predicted octanol–water partition coefficient (Wildman–Crippen LogP) is 2.77. The van der Waals surface area contributed by atoms with Gasteiger partial charge in [-0.3, -0.25) is 4.98 Å². The molecule has 124 valence electrons. The van der Waals surface area contributed by atoms with E-state index in [1.165, 1.54) is 0 Å². The number of para-hydroxylation sites is 1. The van der Waals surface area contributed by atoms with Crippen molar-refractivity contribution in [3.05, 3.63) is 48.8 Å². The largest absolute Gasteiger partial charge is 0.382 e. The van der Waals surface area contributed by atoms with Crippen LogP contribution in [-0.4, -0.2) is 48.4 Å². The van der Waals surface area contributed by atoms with Crippen LogP contribution in [-0.2, 0) is 9.47 Å². The molecule has 6 heteroatoms. The van der Waals surface area contributed by atoms with Crippen molar-refractivity contribution < 1.29 is 9.47 Å². The third kappa shape index (κ3) is 3.67. The predicted molar refractivity (Wildman–Crippen MR) is 93.9 cm³/mol. The Morgan fingerprint density at radius 2 is 1.96 bits per heavy atom. The van der Waals surface area contributed by atoms with E-state index in [1.54, 1.807) is 26.6 Å². The molecule has 0 spiro atoms. The summed E-state index contributed by atoms with van der Waals surface area (Å²) in [7, 11) is 3.33. The van der Waals surface area contributed by atoms with Crippen LogP contribution in [0.25, 0.3) is 22.3 Å².